The summed E-state index contributed by atoms with van der Waals surface area (Å²) >= 11 is 0. The number of carbonyl (C=O) groups is 2. The van der Waals surface area contributed by atoms with E-state index >= 15 is 8.78 Å². The van der Waals surface area contributed by atoms with Crippen molar-refractivity contribution in [2.24, 2.45) is 5.73 Å². The van der Waals surface area contributed by atoms with Gasteiger partial charge in [-0.15, -0.1) is 0 Å². The fourth-order valence-electron chi connectivity index (χ4n) is 3.92. The molecule has 248 valence electrons. The van der Waals surface area contributed by atoms with Crippen LogP contribution < -0.4 is 24.8 Å². The number of pyridine rings is 1. The fourth-order valence-corrected chi connectivity index (χ4v) is 3.92. The number of ether oxygens (including phenoxy) is 3. The van der Waals surface area contributed by atoms with Crippen LogP contribution >= 0.6 is 0 Å². The number of nitrogens with two attached hydrogens (primary N) is 1. The molecule has 0 spiro atoms. The number of aromatic hydroxyl groups is 1. The van der Waals surface area contributed by atoms with Gasteiger partial charge in [0, 0.05) is 44.5 Å². The van der Waals surface area contributed by atoms with E-state index in [1.54, 1.807) is 34.1 Å². The number of carboxylic acid groups (broad SMARTS) is 2. The number of aliphatic carboxylic acids is 2. The summed E-state index contributed by atoms with van der Waals surface area (Å²) in [6.07, 6.45) is -5.48. The number of rotatable bonds is 10. The second-order valence-corrected chi connectivity index (χ2v) is 9.83. The normalized spacial score (nSPS) is 14.5. The van der Waals surface area contributed by atoms with Gasteiger partial charge in [0.1, 0.15) is 17.7 Å². The minimum absolute atomic E-state index is 0.131. The van der Waals surface area contributed by atoms with Gasteiger partial charge >= 0.3 is 18.1 Å². The van der Waals surface area contributed by atoms with Gasteiger partial charge in [0.15, 0.2) is 11.5 Å². The Labute approximate surface area is 257 Å². The molecule has 1 fully saturated rings. The number of nitrogen functional groups attached to an aromatic ring is 1. The van der Waals surface area contributed by atoms with E-state index in [1.807, 2.05) is 14.1 Å². The van der Waals surface area contributed by atoms with Crippen LogP contribution in [0.1, 0.15) is 12.0 Å². The van der Waals surface area contributed by atoms with Crippen LogP contribution in [0.2, 0.25) is 0 Å². The van der Waals surface area contributed by atoms with Crippen molar-refractivity contribution in [2.45, 2.75) is 18.7 Å². The molecule has 6 N–H and O–H groups in total. The average Bonchev–Trinajstić information content (AvgIpc) is 3.40. The first kappa shape index (κ1) is 35.1. The smallest absolute Gasteiger partial charge is 0.490 e. The van der Waals surface area contributed by atoms with E-state index in [0.717, 1.165) is 5.69 Å². The average molecular weight is 658 g/mol. The van der Waals surface area contributed by atoms with Crippen molar-refractivity contribution in [3.63, 3.8) is 0 Å². The molecule has 1 unspecified atom stereocenters. The molecule has 18 heteroatoms. The number of hydrogen-bond donors (Lipinski definition) is 5. The predicted molar refractivity (Wildman–Crippen MR) is 151 cm³/mol. The molecule has 1 aliphatic rings. The molecule has 0 aliphatic carbocycles. The molecule has 1 saturated heterocycles. The molecule has 0 radical (unpaired) electrons. The molecular formula is C28H28F5N5O8. The molecule has 4 rings (SSSR count). The highest BCUT2D eigenvalue weighted by Gasteiger charge is 2.38. The quantitative estimate of drug-likeness (QED) is 0.119. The fraction of sp³-hybridized carbons (Fsp3) is 0.286. The number of likely N-dealkylation sites (tertiary alicyclic amines) is 1. The molecule has 46 heavy (non-hydrogen) atoms. The third-order valence-corrected chi connectivity index (χ3v) is 6.12. The Balaban J connectivity index is 0.000000738. The number of benzene rings is 2. The number of nitrogens with zero attached hydrogens (tertiary/aromatic N) is 3. The minimum Gasteiger partial charge on any atom is -0.504 e. The maximum absolute atomic E-state index is 15.6. The van der Waals surface area contributed by atoms with Crippen LogP contribution in [0.3, 0.4) is 0 Å². The Morgan fingerprint density at radius 3 is 2.28 bits per heavy atom. The highest BCUT2D eigenvalue weighted by Crippen LogP contribution is 2.40. The number of aromatic nitrogens is 1. The lowest BCUT2D eigenvalue weighted by molar-refractivity contribution is -0.192. The van der Waals surface area contributed by atoms with Gasteiger partial charge in [-0.1, -0.05) is 6.07 Å². The van der Waals surface area contributed by atoms with Gasteiger partial charge in [0.25, 0.3) is 11.8 Å². The van der Waals surface area contributed by atoms with Crippen LogP contribution in [-0.4, -0.2) is 89.0 Å². The molecule has 1 atom stereocenters. The molecule has 0 bridgehead atoms. The third kappa shape index (κ3) is 9.31. The van der Waals surface area contributed by atoms with E-state index in [0.29, 0.717) is 13.0 Å². The number of anilines is 1. The Morgan fingerprint density at radius 1 is 1.09 bits per heavy atom. The zero-order valence-corrected chi connectivity index (χ0v) is 24.1. The van der Waals surface area contributed by atoms with Crippen LogP contribution in [0.5, 0.6) is 34.8 Å². The maximum atomic E-state index is 15.6. The minimum atomic E-state index is -5.08. The van der Waals surface area contributed by atoms with Crippen molar-refractivity contribution >= 4 is 23.5 Å². The number of halogens is 5. The van der Waals surface area contributed by atoms with Crippen LogP contribution in [0.4, 0.5) is 27.6 Å². The van der Waals surface area contributed by atoms with E-state index < -0.39 is 59.1 Å². The van der Waals surface area contributed by atoms with Crippen molar-refractivity contribution in [1.82, 2.24) is 9.88 Å². The zero-order chi connectivity index (χ0) is 34.3. The SMILES string of the molecule is CN(C)c1cccc(Oc2nc(Oc3cc(C(=N)N)ccc3O)c(F)c(OC3CCN(CC(=O)O)C3)c2F)c1.O=C(O)C(F)(F)F. The molecule has 3 aromatic rings. The second-order valence-electron chi connectivity index (χ2n) is 9.83. The highest BCUT2D eigenvalue weighted by molar-refractivity contribution is 5.95. The highest BCUT2D eigenvalue weighted by atomic mass is 19.4. The van der Waals surface area contributed by atoms with Crippen molar-refractivity contribution in [1.29, 1.82) is 5.41 Å². The zero-order valence-electron chi connectivity index (χ0n) is 24.1. The summed E-state index contributed by atoms with van der Waals surface area (Å²) in [6, 6.07) is 10.4. The van der Waals surface area contributed by atoms with Crippen LogP contribution in [0.15, 0.2) is 42.5 Å². The first-order valence-electron chi connectivity index (χ1n) is 13.1. The van der Waals surface area contributed by atoms with Crippen LogP contribution in [-0.2, 0) is 9.59 Å². The van der Waals surface area contributed by atoms with Crippen molar-refractivity contribution in [2.75, 3.05) is 38.6 Å². The van der Waals surface area contributed by atoms with Gasteiger partial charge in [-0.2, -0.15) is 26.9 Å². The van der Waals surface area contributed by atoms with Gasteiger partial charge in [-0.05, 0) is 36.8 Å². The number of hydrogen-bond acceptors (Lipinski definition) is 10. The topological polar surface area (TPSA) is 192 Å². The molecular weight excluding hydrogens is 629 g/mol. The molecule has 0 saturated carbocycles. The van der Waals surface area contributed by atoms with Crippen molar-refractivity contribution < 1.29 is 61.1 Å². The van der Waals surface area contributed by atoms with E-state index in [9.17, 15) is 23.1 Å². The summed E-state index contributed by atoms with van der Waals surface area (Å²) in [5.41, 5.74) is 6.43. The van der Waals surface area contributed by atoms with Crippen LogP contribution in [0.25, 0.3) is 0 Å². The molecule has 2 aromatic carbocycles. The number of amidine groups is 1. The number of nitrogens with one attached hydrogen (secondary N) is 1. The molecule has 1 aromatic heterocycles. The number of phenols is 1. The second kappa shape index (κ2) is 14.6. The molecule has 1 aliphatic heterocycles. The largest absolute Gasteiger partial charge is 0.504 e. The monoisotopic (exact) mass is 657 g/mol. The van der Waals surface area contributed by atoms with E-state index in [1.165, 1.54) is 18.2 Å². The lowest BCUT2D eigenvalue weighted by Gasteiger charge is -2.19. The molecule has 0 amide bonds. The number of phenolic OH excluding ortho intramolecular Hbond substituents is 1. The summed E-state index contributed by atoms with van der Waals surface area (Å²) in [7, 11) is 3.62. The summed E-state index contributed by atoms with van der Waals surface area (Å²) in [5.74, 6) is -9.39. The first-order chi connectivity index (χ1) is 21.5. The van der Waals surface area contributed by atoms with Crippen molar-refractivity contribution in [3.05, 3.63) is 59.7 Å². The summed E-state index contributed by atoms with van der Waals surface area (Å²) in [5, 5.41) is 34.0. The standard InChI is InChI=1S/C26H27F2N5O6.C2HF3O2/c1-32(2)15-4-3-5-16(11-15)38-25-21(27)23(37-17-8-9-33(12-17)13-20(35)36)22(28)26(31-25)39-19-10-14(24(29)30)6-7-18(19)34;3-2(4,5)1(6)7/h3-7,10-11,17,34H,8-9,12-13H2,1-2H3,(H3,29,30)(H,35,36);(H,6,7). The number of carboxylic acids is 2. The van der Waals surface area contributed by atoms with E-state index in [2.05, 4.69) is 4.98 Å². The Kier molecular flexibility index (Phi) is 11.1. The molecule has 2 heterocycles. The number of alkyl halides is 3. The van der Waals surface area contributed by atoms with Gasteiger partial charge in [0.05, 0.1) is 6.54 Å². The van der Waals surface area contributed by atoms with Gasteiger partial charge in [0.2, 0.25) is 17.4 Å². The summed E-state index contributed by atoms with van der Waals surface area (Å²) in [4.78, 5) is 27.2. The maximum Gasteiger partial charge on any atom is 0.490 e. The van der Waals surface area contributed by atoms with Gasteiger partial charge < -0.3 is 40.2 Å². The lowest BCUT2D eigenvalue weighted by Crippen LogP contribution is -2.30. The Bertz CT molecular complexity index is 1610. The van der Waals surface area contributed by atoms with Crippen molar-refractivity contribution in [3.8, 4) is 34.8 Å². The van der Waals surface area contributed by atoms with Gasteiger partial charge in [-0.25, -0.2) is 4.79 Å². The summed E-state index contributed by atoms with van der Waals surface area (Å²) < 4.78 is 79.7. The van der Waals surface area contributed by atoms with E-state index in [4.69, 9.17) is 40.4 Å². The lowest BCUT2D eigenvalue weighted by atomic mass is 10.2. The molecule has 13 nitrogen and oxygen atoms in total. The Morgan fingerprint density at radius 2 is 1.72 bits per heavy atom. The van der Waals surface area contributed by atoms with E-state index in [-0.39, 0.29) is 36.0 Å². The van der Waals surface area contributed by atoms with Crippen LogP contribution in [0, 0.1) is 17.0 Å². The third-order valence-electron chi connectivity index (χ3n) is 6.12. The predicted octanol–water partition coefficient (Wildman–Crippen LogP) is 4.17. The first-order valence-corrected chi connectivity index (χ1v) is 13.1. The Hall–Kier alpha value is -5.39. The van der Waals surface area contributed by atoms with Gasteiger partial charge in [-0.3, -0.25) is 15.1 Å². The summed E-state index contributed by atoms with van der Waals surface area (Å²) in [6.45, 7) is 0.255.